The van der Waals surface area contributed by atoms with Crippen LogP contribution in [-0.2, 0) is 9.59 Å². The zero-order valence-electron chi connectivity index (χ0n) is 15.4. The maximum absolute atomic E-state index is 12.4. The molecular formula is C20H23NO5. The van der Waals surface area contributed by atoms with Gasteiger partial charge in [0.15, 0.2) is 13.2 Å². The van der Waals surface area contributed by atoms with Crippen molar-refractivity contribution in [3.05, 3.63) is 53.1 Å². The zero-order chi connectivity index (χ0) is 19.3. The Morgan fingerprint density at radius 1 is 0.962 bits per heavy atom. The first-order chi connectivity index (χ1) is 12.3. The number of benzene rings is 2. The lowest BCUT2D eigenvalue weighted by Gasteiger charge is -2.19. The molecule has 0 aliphatic carbocycles. The maximum Gasteiger partial charge on any atom is 0.341 e. The fourth-order valence-electron chi connectivity index (χ4n) is 2.68. The third kappa shape index (κ3) is 4.99. The van der Waals surface area contributed by atoms with Gasteiger partial charge in [0.05, 0.1) is 0 Å². The van der Waals surface area contributed by atoms with Crippen LogP contribution >= 0.6 is 0 Å². The Bertz CT molecular complexity index is 775. The van der Waals surface area contributed by atoms with Crippen molar-refractivity contribution in [3.63, 3.8) is 0 Å². The molecule has 0 aromatic heterocycles. The molecule has 0 fully saturated rings. The van der Waals surface area contributed by atoms with Crippen LogP contribution in [0.4, 0.5) is 5.69 Å². The van der Waals surface area contributed by atoms with Gasteiger partial charge in [0.1, 0.15) is 11.5 Å². The molecule has 6 heteroatoms. The third-order valence-electron chi connectivity index (χ3n) is 3.91. The van der Waals surface area contributed by atoms with Gasteiger partial charge in [-0.3, -0.25) is 4.79 Å². The van der Waals surface area contributed by atoms with Crippen molar-refractivity contribution in [1.29, 1.82) is 0 Å². The fourth-order valence-corrected chi connectivity index (χ4v) is 2.68. The van der Waals surface area contributed by atoms with Gasteiger partial charge in [0, 0.05) is 12.7 Å². The standard InChI is InChI=1S/C20H23NO5/c1-13-9-14(2)20(15(3)10-13)26-11-18(22)21(4)16-5-7-17(8-6-16)25-12-19(23)24/h5-10H,11-12H2,1-4H3,(H,23,24). The molecule has 0 saturated carbocycles. The Hall–Kier alpha value is -3.02. The number of carbonyl (C=O) groups excluding carboxylic acids is 1. The van der Waals surface area contributed by atoms with Gasteiger partial charge in [0.25, 0.3) is 5.91 Å². The SMILES string of the molecule is Cc1cc(C)c(OCC(=O)N(C)c2ccc(OCC(=O)O)cc2)c(C)c1. The van der Waals surface area contributed by atoms with Crippen LogP contribution in [0.5, 0.6) is 11.5 Å². The summed E-state index contributed by atoms with van der Waals surface area (Å²) in [7, 11) is 1.66. The first kappa shape index (κ1) is 19.3. The van der Waals surface area contributed by atoms with Crippen molar-refractivity contribution in [2.75, 3.05) is 25.2 Å². The fraction of sp³-hybridized carbons (Fsp3) is 0.300. The van der Waals surface area contributed by atoms with Gasteiger partial charge < -0.3 is 19.5 Å². The Labute approximate surface area is 153 Å². The van der Waals surface area contributed by atoms with Crippen molar-refractivity contribution in [3.8, 4) is 11.5 Å². The summed E-state index contributed by atoms with van der Waals surface area (Å²) in [5, 5.41) is 8.61. The monoisotopic (exact) mass is 357 g/mol. The number of rotatable bonds is 7. The third-order valence-corrected chi connectivity index (χ3v) is 3.91. The van der Waals surface area contributed by atoms with Gasteiger partial charge in [-0.15, -0.1) is 0 Å². The van der Waals surface area contributed by atoms with E-state index in [1.165, 1.54) is 4.90 Å². The highest BCUT2D eigenvalue weighted by Gasteiger charge is 2.14. The molecule has 2 rings (SSSR count). The minimum atomic E-state index is -1.04. The number of carboxylic acids is 1. The number of aliphatic carboxylic acids is 1. The van der Waals surface area contributed by atoms with Crippen LogP contribution in [-0.4, -0.2) is 37.2 Å². The largest absolute Gasteiger partial charge is 0.483 e. The van der Waals surface area contributed by atoms with Crippen LogP contribution in [0.15, 0.2) is 36.4 Å². The summed E-state index contributed by atoms with van der Waals surface area (Å²) in [4.78, 5) is 24.4. The molecule has 0 aliphatic heterocycles. The van der Waals surface area contributed by atoms with E-state index in [4.69, 9.17) is 14.6 Å². The van der Waals surface area contributed by atoms with E-state index in [-0.39, 0.29) is 12.5 Å². The number of nitrogens with zero attached hydrogens (tertiary/aromatic N) is 1. The van der Waals surface area contributed by atoms with E-state index >= 15 is 0 Å². The molecule has 0 bridgehead atoms. The van der Waals surface area contributed by atoms with Crippen LogP contribution in [0.1, 0.15) is 16.7 Å². The minimum Gasteiger partial charge on any atom is -0.483 e. The smallest absolute Gasteiger partial charge is 0.341 e. The highest BCUT2D eigenvalue weighted by molar-refractivity contribution is 5.94. The average Bonchev–Trinajstić information content (AvgIpc) is 2.58. The van der Waals surface area contributed by atoms with Crippen molar-refractivity contribution >= 4 is 17.6 Å². The van der Waals surface area contributed by atoms with Crippen LogP contribution in [0.3, 0.4) is 0 Å². The predicted octanol–water partition coefficient (Wildman–Crippen LogP) is 3.12. The molecule has 2 aromatic rings. The van der Waals surface area contributed by atoms with Crippen LogP contribution in [0.2, 0.25) is 0 Å². The first-order valence-corrected chi connectivity index (χ1v) is 8.20. The van der Waals surface area contributed by atoms with Gasteiger partial charge in [-0.2, -0.15) is 0 Å². The number of anilines is 1. The number of hydrogen-bond donors (Lipinski definition) is 1. The molecule has 0 unspecified atom stereocenters. The summed E-state index contributed by atoms with van der Waals surface area (Å²) in [5.41, 5.74) is 3.82. The number of likely N-dealkylation sites (N-methyl/N-ethyl adjacent to an activating group) is 1. The molecule has 0 atom stereocenters. The molecule has 0 saturated heterocycles. The molecule has 2 aromatic carbocycles. The Morgan fingerprint density at radius 3 is 2.08 bits per heavy atom. The van der Waals surface area contributed by atoms with E-state index in [1.807, 2.05) is 32.9 Å². The Balaban J connectivity index is 1.98. The summed E-state index contributed by atoms with van der Waals surface area (Å²) < 4.78 is 10.8. The van der Waals surface area contributed by atoms with Gasteiger partial charge in [0.2, 0.25) is 0 Å². The number of ether oxygens (including phenoxy) is 2. The van der Waals surface area contributed by atoms with Crippen molar-refractivity contribution in [1.82, 2.24) is 0 Å². The normalized spacial score (nSPS) is 10.3. The van der Waals surface area contributed by atoms with Gasteiger partial charge >= 0.3 is 5.97 Å². The number of carbonyl (C=O) groups is 2. The topological polar surface area (TPSA) is 76.1 Å². The number of amides is 1. The summed E-state index contributed by atoms with van der Waals surface area (Å²) in [6.07, 6.45) is 0. The van der Waals surface area contributed by atoms with Crippen molar-refractivity contribution < 1.29 is 24.2 Å². The van der Waals surface area contributed by atoms with Crippen LogP contribution in [0.25, 0.3) is 0 Å². The molecule has 1 amide bonds. The summed E-state index contributed by atoms with van der Waals surface area (Å²) in [6.45, 7) is 5.46. The molecule has 0 spiro atoms. The molecule has 1 N–H and O–H groups in total. The van der Waals surface area contributed by atoms with E-state index in [2.05, 4.69) is 0 Å². The van der Waals surface area contributed by atoms with Gasteiger partial charge in [-0.05, 0) is 56.2 Å². The molecule has 0 aliphatic rings. The molecule has 138 valence electrons. The molecule has 6 nitrogen and oxygen atoms in total. The number of aryl methyl sites for hydroxylation is 3. The van der Waals surface area contributed by atoms with Crippen molar-refractivity contribution in [2.24, 2.45) is 0 Å². The highest BCUT2D eigenvalue weighted by Crippen LogP contribution is 2.25. The van der Waals surface area contributed by atoms with Crippen LogP contribution < -0.4 is 14.4 Å². The highest BCUT2D eigenvalue weighted by atomic mass is 16.5. The minimum absolute atomic E-state index is 0.0709. The zero-order valence-corrected chi connectivity index (χ0v) is 15.4. The van der Waals surface area contributed by atoms with E-state index in [9.17, 15) is 9.59 Å². The lowest BCUT2D eigenvalue weighted by atomic mass is 10.1. The molecule has 0 radical (unpaired) electrons. The summed E-state index contributed by atoms with van der Waals surface area (Å²) >= 11 is 0. The summed E-state index contributed by atoms with van der Waals surface area (Å²) in [6, 6.07) is 10.7. The maximum atomic E-state index is 12.4. The number of carboxylic acid groups (broad SMARTS) is 1. The Morgan fingerprint density at radius 2 is 1.54 bits per heavy atom. The second kappa shape index (κ2) is 8.38. The van der Waals surface area contributed by atoms with Gasteiger partial charge in [-0.1, -0.05) is 17.7 Å². The predicted molar refractivity (Wildman–Crippen MR) is 99.1 cm³/mol. The Kier molecular flexibility index (Phi) is 6.22. The van der Waals surface area contributed by atoms with E-state index in [1.54, 1.807) is 31.3 Å². The molecule has 26 heavy (non-hydrogen) atoms. The summed E-state index contributed by atoms with van der Waals surface area (Å²) in [5.74, 6) is -0.0716. The second-order valence-electron chi connectivity index (χ2n) is 6.15. The quantitative estimate of drug-likeness (QED) is 0.824. The average molecular weight is 357 g/mol. The van der Waals surface area contributed by atoms with Gasteiger partial charge in [-0.25, -0.2) is 4.79 Å². The van der Waals surface area contributed by atoms with E-state index in [0.717, 1.165) is 22.4 Å². The van der Waals surface area contributed by atoms with E-state index < -0.39 is 12.6 Å². The molecular weight excluding hydrogens is 334 g/mol. The van der Waals surface area contributed by atoms with Crippen molar-refractivity contribution in [2.45, 2.75) is 20.8 Å². The number of hydrogen-bond acceptors (Lipinski definition) is 4. The van der Waals surface area contributed by atoms with E-state index in [0.29, 0.717) is 11.4 Å². The second-order valence-corrected chi connectivity index (χ2v) is 6.15. The lowest BCUT2D eigenvalue weighted by Crippen LogP contribution is -2.31. The lowest BCUT2D eigenvalue weighted by molar-refractivity contribution is -0.139. The van der Waals surface area contributed by atoms with Crippen LogP contribution in [0, 0.1) is 20.8 Å². The molecule has 0 heterocycles. The first-order valence-electron chi connectivity index (χ1n) is 8.20.